The van der Waals surface area contributed by atoms with Crippen LogP contribution in [-0.2, 0) is 0 Å². The van der Waals surface area contributed by atoms with Gasteiger partial charge in [-0.15, -0.1) is 0 Å². The lowest BCUT2D eigenvalue weighted by atomic mass is 10.3. The van der Waals surface area contributed by atoms with Gasteiger partial charge >= 0.3 is 0 Å². The normalized spacial score (nSPS) is 42.0. The van der Waals surface area contributed by atoms with Gasteiger partial charge in [-0.1, -0.05) is 0 Å². The Morgan fingerprint density at radius 3 is 1.71 bits per heavy atom. The first-order chi connectivity index (χ1) is 3.30. The smallest absolute Gasteiger partial charge is 0.145 e. The van der Waals surface area contributed by atoms with E-state index >= 15 is 0 Å². The van der Waals surface area contributed by atoms with Crippen molar-refractivity contribution < 1.29 is 8.78 Å². The summed E-state index contributed by atoms with van der Waals surface area (Å²) < 4.78 is 23.8. The van der Waals surface area contributed by atoms with Crippen LogP contribution < -0.4 is 5.32 Å². The zero-order valence-electron chi connectivity index (χ0n) is 3.82. The van der Waals surface area contributed by atoms with Gasteiger partial charge in [0, 0.05) is 13.1 Å². The fraction of sp³-hybridized carbons (Fsp3) is 1.00. The Hall–Kier alpha value is -0.180. The molecule has 3 heteroatoms. The second-order valence-electron chi connectivity index (χ2n) is 1.69. The van der Waals surface area contributed by atoms with Crippen LogP contribution >= 0.6 is 0 Å². The quantitative estimate of drug-likeness (QED) is 0.468. The maximum absolute atomic E-state index is 11.9. The average Bonchev–Trinajstić information content (AvgIpc) is 1.91. The second kappa shape index (κ2) is 1.74. The molecule has 2 atom stereocenters. The van der Waals surface area contributed by atoms with E-state index in [4.69, 9.17) is 0 Å². The van der Waals surface area contributed by atoms with E-state index in [9.17, 15) is 8.78 Å². The molecule has 0 spiro atoms. The van der Waals surface area contributed by atoms with Crippen LogP contribution in [0.15, 0.2) is 0 Å². The van der Waals surface area contributed by atoms with Gasteiger partial charge in [-0.3, -0.25) is 0 Å². The van der Waals surface area contributed by atoms with E-state index in [-0.39, 0.29) is 13.1 Å². The minimum atomic E-state index is -1.26. The third kappa shape index (κ3) is 0.881. The van der Waals surface area contributed by atoms with Crippen molar-refractivity contribution in [3.8, 4) is 0 Å². The van der Waals surface area contributed by atoms with Crippen molar-refractivity contribution in [3.63, 3.8) is 0 Å². The summed E-state index contributed by atoms with van der Waals surface area (Å²) in [6.45, 7) is 0.363. The van der Waals surface area contributed by atoms with Crippen molar-refractivity contribution in [2.24, 2.45) is 0 Å². The summed E-state index contributed by atoms with van der Waals surface area (Å²) in [5.74, 6) is 0. The highest BCUT2D eigenvalue weighted by atomic mass is 19.2. The van der Waals surface area contributed by atoms with Crippen LogP contribution in [0, 0.1) is 0 Å². The van der Waals surface area contributed by atoms with Crippen LogP contribution in [0.25, 0.3) is 0 Å². The van der Waals surface area contributed by atoms with E-state index in [1.54, 1.807) is 0 Å². The molecular weight excluding hydrogens is 100 g/mol. The van der Waals surface area contributed by atoms with Gasteiger partial charge in [0.2, 0.25) is 0 Å². The molecule has 0 bridgehead atoms. The third-order valence-corrected chi connectivity index (χ3v) is 1.07. The number of nitrogens with one attached hydrogen (secondary N) is 1. The van der Waals surface area contributed by atoms with E-state index in [1.807, 2.05) is 0 Å². The summed E-state index contributed by atoms with van der Waals surface area (Å²) in [7, 11) is 0. The van der Waals surface area contributed by atoms with Gasteiger partial charge in [0.25, 0.3) is 0 Å². The van der Waals surface area contributed by atoms with Gasteiger partial charge in [-0.2, -0.15) is 0 Å². The third-order valence-electron chi connectivity index (χ3n) is 1.07. The molecule has 1 heterocycles. The molecule has 1 unspecified atom stereocenters. The molecule has 7 heavy (non-hydrogen) atoms. The van der Waals surface area contributed by atoms with Crippen molar-refractivity contribution >= 4 is 0 Å². The highest BCUT2D eigenvalue weighted by molar-refractivity contribution is 4.79. The van der Waals surface area contributed by atoms with Gasteiger partial charge in [-0.25, -0.2) is 8.78 Å². The second-order valence-corrected chi connectivity index (χ2v) is 1.69. The molecule has 42 valence electrons. The van der Waals surface area contributed by atoms with E-state index < -0.39 is 12.3 Å². The van der Waals surface area contributed by atoms with Crippen molar-refractivity contribution in [3.05, 3.63) is 0 Å². The van der Waals surface area contributed by atoms with Crippen LogP contribution in [0.2, 0.25) is 0 Å². The van der Waals surface area contributed by atoms with Crippen LogP contribution in [0.1, 0.15) is 0 Å². The van der Waals surface area contributed by atoms with Gasteiger partial charge < -0.3 is 5.32 Å². The number of alkyl halides is 2. The molecule has 0 amide bonds. The summed E-state index contributed by atoms with van der Waals surface area (Å²) in [5.41, 5.74) is 0. The van der Waals surface area contributed by atoms with Crippen molar-refractivity contribution in [1.29, 1.82) is 0 Å². The Morgan fingerprint density at radius 2 is 1.57 bits per heavy atom. The van der Waals surface area contributed by atoms with Crippen LogP contribution in [0.4, 0.5) is 8.78 Å². The predicted octanol–water partition coefficient (Wildman–Crippen LogP) is 0.266. The minimum absolute atomic E-state index is 0.182. The summed E-state index contributed by atoms with van der Waals surface area (Å²) in [5, 5.41) is 2.57. The molecule has 1 nitrogen and oxygen atoms in total. The van der Waals surface area contributed by atoms with Gasteiger partial charge in [0.15, 0.2) is 0 Å². The van der Waals surface area contributed by atoms with Gasteiger partial charge in [-0.05, 0) is 0 Å². The number of halogens is 2. The SMILES string of the molecule is FC1CNC[C@H]1F. The molecule has 0 radical (unpaired) electrons. The summed E-state index contributed by atoms with van der Waals surface area (Å²) >= 11 is 0. The fourth-order valence-corrected chi connectivity index (χ4v) is 0.615. The van der Waals surface area contributed by atoms with Crippen molar-refractivity contribution in [2.75, 3.05) is 13.1 Å². The first-order valence-electron chi connectivity index (χ1n) is 2.29. The van der Waals surface area contributed by atoms with E-state index in [1.165, 1.54) is 0 Å². The molecule has 1 aliphatic rings. The maximum atomic E-state index is 11.9. The molecule has 1 saturated heterocycles. The lowest BCUT2D eigenvalue weighted by Crippen LogP contribution is -2.12. The molecule has 0 saturated carbocycles. The van der Waals surface area contributed by atoms with E-state index in [2.05, 4.69) is 5.32 Å². The van der Waals surface area contributed by atoms with Crippen LogP contribution in [-0.4, -0.2) is 25.4 Å². The maximum Gasteiger partial charge on any atom is 0.145 e. The Kier molecular flexibility index (Phi) is 1.23. The zero-order chi connectivity index (χ0) is 5.28. The average molecular weight is 107 g/mol. The summed E-state index contributed by atoms with van der Waals surface area (Å²) in [4.78, 5) is 0. The van der Waals surface area contributed by atoms with Gasteiger partial charge in [0.1, 0.15) is 12.3 Å². The number of rotatable bonds is 0. The zero-order valence-corrected chi connectivity index (χ0v) is 3.82. The molecular formula is C4H7F2N. The predicted molar refractivity (Wildman–Crippen MR) is 22.7 cm³/mol. The Labute approximate surface area is 40.7 Å². The Balaban J connectivity index is 2.33. The van der Waals surface area contributed by atoms with E-state index in [0.717, 1.165) is 0 Å². The topological polar surface area (TPSA) is 12.0 Å². The van der Waals surface area contributed by atoms with Crippen LogP contribution in [0.3, 0.4) is 0 Å². The molecule has 0 aromatic rings. The molecule has 0 aromatic carbocycles. The molecule has 1 fully saturated rings. The standard InChI is InChI=1S/C4H7F2N/c5-3-1-7-2-4(3)6/h3-4,7H,1-2H2/t3-,4?/m1/s1. The molecule has 0 aromatic heterocycles. The summed E-state index contributed by atoms with van der Waals surface area (Å²) in [6.07, 6.45) is -2.53. The van der Waals surface area contributed by atoms with Crippen molar-refractivity contribution in [2.45, 2.75) is 12.3 Å². The summed E-state index contributed by atoms with van der Waals surface area (Å²) in [6, 6.07) is 0. The lowest BCUT2D eigenvalue weighted by Gasteiger charge is -1.95. The fourth-order valence-electron chi connectivity index (χ4n) is 0.615. The van der Waals surface area contributed by atoms with E-state index in [0.29, 0.717) is 0 Å². The van der Waals surface area contributed by atoms with Crippen molar-refractivity contribution in [1.82, 2.24) is 5.32 Å². The molecule has 1 aliphatic heterocycles. The number of hydrogen-bond acceptors (Lipinski definition) is 1. The van der Waals surface area contributed by atoms with Gasteiger partial charge in [0.05, 0.1) is 0 Å². The first-order valence-corrected chi connectivity index (χ1v) is 2.29. The Bertz CT molecular complexity index is 58.7. The molecule has 0 aliphatic carbocycles. The number of hydrogen-bond donors (Lipinski definition) is 1. The first kappa shape index (κ1) is 4.97. The highest BCUT2D eigenvalue weighted by Gasteiger charge is 2.25. The molecule has 1 rings (SSSR count). The highest BCUT2D eigenvalue weighted by Crippen LogP contribution is 2.06. The Morgan fingerprint density at radius 1 is 1.14 bits per heavy atom. The molecule has 1 N–H and O–H groups in total. The lowest BCUT2D eigenvalue weighted by molar-refractivity contribution is 0.217. The minimum Gasteiger partial charge on any atom is -0.311 e. The van der Waals surface area contributed by atoms with Crippen LogP contribution in [0.5, 0.6) is 0 Å². The monoisotopic (exact) mass is 107 g/mol. The largest absolute Gasteiger partial charge is 0.311 e.